The molecule has 0 aliphatic carbocycles. The molecule has 2 N–H and O–H groups in total. The van der Waals surface area contributed by atoms with Crippen molar-refractivity contribution in [3.8, 4) is 0 Å². The number of allylic oxidation sites excluding steroid dienone is 6. The quantitative estimate of drug-likeness (QED) is 0.564. The highest BCUT2D eigenvalue weighted by Gasteiger charge is 1.91. The predicted octanol–water partition coefficient (Wildman–Crippen LogP) is 4.44. The van der Waals surface area contributed by atoms with Gasteiger partial charge in [-0.05, 0) is 39.0 Å². The fourth-order valence-corrected chi connectivity index (χ4v) is 0.759. The van der Waals surface area contributed by atoms with E-state index in [0.29, 0.717) is 11.5 Å². The van der Waals surface area contributed by atoms with Crippen molar-refractivity contribution in [3.63, 3.8) is 0 Å². The fraction of sp³-hybridized carbons (Fsp3) is 0.333. The largest absolute Gasteiger partial charge is 0.463 e. The Morgan fingerprint density at radius 1 is 1.00 bits per heavy atom. The molecule has 0 fully saturated rings. The summed E-state index contributed by atoms with van der Waals surface area (Å²) in [6.45, 7) is 17.2. The van der Waals surface area contributed by atoms with Gasteiger partial charge in [-0.2, -0.15) is 0 Å². The highest BCUT2D eigenvalue weighted by molar-refractivity contribution is 5.20. The first kappa shape index (κ1) is 17.7. The molecule has 0 heterocycles. The van der Waals surface area contributed by atoms with Crippen LogP contribution in [-0.2, 0) is 4.74 Å². The summed E-state index contributed by atoms with van der Waals surface area (Å²) in [4.78, 5) is 0. The van der Waals surface area contributed by atoms with Crippen LogP contribution in [0.1, 0.15) is 34.6 Å². The van der Waals surface area contributed by atoms with Crippen molar-refractivity contribution in [3.05, 3.63) is 60.3 Å². The number of nitrogens with two attached hydrogens (primary N) is 1. The van der Waals surface area contributed by atoms with Gasteiger partial charge in [0, 0.05) is 5.70 Å². The average Bonchev–Trinajstić information content (AvgIpc) is 2.26. The molecule has 2 nitrogen and oxygen atoms in total. The van der Waals surface area contributed by atoms with E-state index < -0.39 is 0 Å². The SMILES string of the molecule is C=C(N)/C=C\C(=C)O/C(C)=C/C=C(C)C.CC. The molecule has 0 saturated heterocycles. The zero-order chi connectivity index (χ0) is 13.8. The normalized spacial score (nSPS) is 10.3. The van der Waals surface area contributed by atoms with Gasteiger partial charge in [-0.25, -0.2) is 0 Å². The van der Waals surface area contributed by atoms with E-state index in [1.807, 2.05) is 46.8 Å². The molecule has 0 aliphatic heterocycles. The van der Waals surface area contributed by atoms with Gasteiger partial charge < -0.3 is 10.5 Å². The fourth-order valence-electron chi connectivity index (χ4n) is 0.759. The lowest BCUT2D eigenvalue weighted by Gasteiger charge is -2.04. The molecule has 0 spiro atoms. The standard InChI is InChI=1S/C13H19NO.C2H6/c1-10(2)6-8-12(4)15-13(5)9-7-11(3)14;1-2/h6-9H,3,5,14H2,1-2,4H3;1-2H3/b9-7-,12-8+;. The lowest BCUT2D eigenvalue weighted by Crippen LogP contribution is -1.90. The van der Waals surface area contributed by atoms with Gasteiger partial charge in [0.15, 0.2) is 0 Å². The second-order valence-corrected chi connectivity index (χ2v) is 3.50. The van der Waals surface area contributed by atoms with Crippen molar-refractivity contribution < 1.29 is 4.74 Å². The van der Waals surface area contributed by atoms with E-state index in [4.69, 9.17) is 10.5 Å². The van der Waals surface area contributed by atoms with Crippen LogP contribution in [0.5, 0.6) is 0 Å². The summed E-state index contributed by atoms with van der Waals surface area (Å²) in [7, 11) is 0. The second-order valence-electron chi connectivity index (χ2n) is 3.50. The Balaban J connectivity index is 0. The topological polar surface area (TPSA) is 35.2 Å². The van der Waals surface area contributed by atoms with Crippen LogP contribution >= 0.6 is 0 Å². The summed E-state index contributed by atoms with van der Waals surface area (Å²) >= 11 is 0. The Morgan fingerprint density at radius 3 is 1.94 bits per heavy atom. The maximum Gasteiger partial charge on any atom is 0.119 e. The molecule has 0 aliphatic rings. The van der Waals surface area contributed by atoms with Gasteiger partial charge in [-0.3, -0.25) is 0 Å². The van der Waals surface area contributed by atoms with Crippen LogP contribution in [-0.4, -0.2) is 0 Å². The van der Waals surface area contributed by atoms with Crippen LogP contribution in [0.25, 0.3) is 0 Å². The van der Waals surface area contributed by atoms with Crippen molar-refractivity contribution in [2.75, 3.05) is 0 Å². The van der Waals surface area contributed by atoms with Gasteiger partial charge in [0.2, 0.25) is 0 Å². The van der Waals surface area contributed by atoms with E-state index in [9.17, 15) is 0 Å². The molecule has 0 radical (unpaired) electrons. The van der Waals surface area contributed by atoms with E-state index in [0.717, 1.165) is 5.76 Å². The zero-order valence-electron chi connectivity index (χ0n) is 11.7. The van der Waals surface area contributed by atoms with Crippen LogP contribution in [0.3, 0.4) is 0 Å². The molecule has 0 bridgehead atoms. The molecular formula is C15H25NO. The van der Waals surface area contributed by atoms with Crippen LogP contribution in [0.4, 0.5) is 0 Å². The third-order valence-electron chi connectivity index (χ3n) is 1.43. The summed E-state index contributed by atoms with van der Waals surface area (Å²) in [6, 6.07) is 0. The van der Waals surface area contributed by atoms with Crippen molar-refractivity contribution in [1.29, 1.82) is 0 Å². The average molecular weight is 235 g/mol. The first-order valence-corrected chi connectivity index (χ1v) is 5.73. The van der Waals surface area contributed by atoms with Crippen molar-refractivity contribution in [2.45, 2.75) is 34.6 Å². The van der Waals surface area contributed by atoms with Gasteiger partial charge in [0.05, 0.1) is 0 Å². The first-order chi connectivity index (χ1) is 7.91. The summed E-state index contributed by atoms with van der Waals surface area (Å²) in [5, 5.41) is 0. The van der Waals surface area contributed by atoms with Gasteiger partial charge in [-0.1, -0.05) is 38.7 Å². The molecular weight excluding hydrogens is 210 g/mol. The molecule has 0 aromatic rings. The van der Waals surface area contributed by atoms with Crippen molar-refractivity contribution >= 4 is 0 Å². The minimum atomic E-state index is 0.477. The molecule has 0 unspecified atom stereocenters. The summed E-state index contributed by atoms with van der Waals surface area (Å²) in [5.74, 6) is 1.32. The Bertz CT molecular complexity index is 329. The molecule has 0 amide bonds. The van der Waals surface area contributed by atoms with E-state index >= 15 is 0 Å². The molecule has 0 atom stereocenters. The molecule has 0 rings (SSSR count). The first-order valence-electron chi connectivity index (χ1n) is 5.73. The smallest absolute Gasteiger partial charge is 0.119 e. The highest BCUT2D eigenvalue weighted by atomic mass is 16.5. The number of hydrogen-bond acceptors (Lipinski definition) is 2. The molecule has 0 aromatic heterocycles. The lowest BCUT2D eigenvalue weighted by molar-refractivity contribution is 0.324. The van der Waals surface area contributed by atoms with Gasteiger partial charge >= 0.3 is 0 Å². The monoisotopic (exact) mass is 235 g/mol. The molecule has 0 aromatic carbocycles. The number of ether oxygens (including phenoxy) is 1. The van der Waals surface area contributed by atoms with Gasteiger partial charge in [0.1, 0.15) is 11.5 Å². The Hall–Kier alpha value is -1.70. The van der Waals surface area contributed by atoms with Crippen molar-refractivity contribution in [1.82, 2.24) is 0 Å². The maximum atomic E-state index is 5.39. The maximum absolute atomic E-state index is 5.39. The molecule has 0 saturated carbocycles. The Morgan fingerprint density at radius 2 is 1.53 bits per heavy atom. The van der Waals surface area contributed by atoms with E-state index in [1.54, 1.807) is 12.2 Å². The second kappa shape index (κ2) is 10.8. The number of rotatable bonds is 5. The molecule has 17 heavy (non-hydrogen) atoms. The molecule has 96 valence electrons. The predicted molar refractivity (Wildman–Crippen MR) is 77.2 cm³/mol. The third kappa shape index (κ3) is 14.3. The summed E-state index contributed by atoms with van der Waals surface area (Å²) in [6.07, 6.45) is 7.21. The van der Waals surface area contributed by atoms with E-state index in [-0.39, 0.29) is 0 Å². The third-order valence-corrected chi connectivity index (χ3v) is 1.43. The van der Waals surface area contributed by atoms with Crippen molar-refractivity contribution in [2.24, 2.45) is 5.73 Å². The van der Waals surface area contributed by atoms with Crippen LogP contribution in [0, 0.1) is 0 Å². The lowest BCUT2D eigenvalue weighted by atomic mass is 10.3. The van der Waals surface area contributed by atoms with E-state index in [2.05, 4.69) is 13.2 Å². The summed E-state index contributed by atoms with van der Waals surface area (Å²) in [5.41, 5.74) is 7.06. The summed E-state index contributed by atoms with van der Waals surface area (Å²) < 4.78 is 5.39. The van der Waals surface area contributed by atoms with E-state index in [1.165, 1.54) is 5.57 Å². The number of hydrogen-bond donors (Lipinski definition) is 1. The minimum Gasteiger partial charge on any atom is -0.463 e. The van der Waals surface area contributed by atoms with Crippen LogP contribution in [0.15, 0.2) is 60.3 Å². The van der Waals surface area contributed by atoms with Gasteiger partial charge in [0.25, 0.3) is 0 Å². The minimum absolute atomic E-state index is 0.477. The Labute approximate surface area is 106 Å². The van der Waals surface area contributed by atoms with Gasteiger partial charge in [-0.15, -0.1) is 0 Å². The highest BCUT2D eigenvalue weighted by Crippen LogP contribution is 2.06. The zero-order valence-corrected chi connectivity index (χ0v) is 11.7. The van der Waals surface area contributed by atoms with Crippen LogP contribution < -0.4 is 5.73 Å². The molecule has 2 heteroatoms. The Kier molecular flexibility index (Phi) is 11.2. The van der Waals surface area contributed by atoms with Crippen LogP contribution in [0.2, 0.25) is 0 Å².